The van der Waals surface area contributed by atoms with Crippen LogP contribution in [0.2, 0.25) is 0 Å². The van der Waals surface area contributed by atoms with Crippen LogP contribution in [-0.2, 0) is 29.8 Å². The van der Waals surface area contributed by atoms with Crippen LogP contribution in [-0.4, -0.2) is 6.88 Å². The van der Waals surface area contributed by atoms with E-state index in [1.54, 1.807) is 13.8 Å². The Labute approximate surface area is 341 Å². The SMILES string of the molecule is CCC(C)c1ccc(-c2ccc(C)c3[cH-]c(C)cc23)cc1.CCc1cc2c(-c3ccc(C(C)CC)cc3)ccc(C)c2[cH-]1.Cl.Cl.[CH2-]C.[CH2-]C.[Si]=[Zr]. The minimum absolute atomic E-state index is 0. The van der Waals surface area contributed by atoms with Crippen molar-refractivity contribution in [2.75, 3.05) is 0 Å². The summed E-state index contributed by atoms with van der Waals surface area (Å²) >= 11 is 1.36. The molecule has 0 spiro atoms. The molecule has 0 aliphatic carbocycles. The van der Waals surface area contributed by atoms with Gasteiger partial charge in [-0.05, 0) is 53.4 Å². The van der Waals surface area contributed by atoms with Crippen LogP contribution in [0.5, 0.6) is 0 Å². The van der Waals surface area contributed by atoms with Gasteiger partial charge in [-0.3, -0.25) is 0 Å². The first-order valence-electron chi connectivity index (χ1n) is 18.0. The molecular weight excluding hydrogens is 755 g/mol. The second-order valence-electron chi connectivity index (χ2n) is 12.6. The average molecular weight is 815 g/mol. The molecule has 0 bridgehead atoms. The molecule has 0 saturated heterocycles. The van der Waals surface area contributed by atoms with Gasteiger partial charge in [-0.15, -0.1) is 92.9 Å². The molecule has 6 rings (SSSR count). The molecule has 0 heterocycles. The summed E-state index contributed by atoms with van der Waals surface area (Å²) in [5, 5.41) is 5.56. The fourth-order valence-electron chi connectivity index (χ4n) is 6.26. The zero-order valence-electron chi connectivity index (χ0n) is 32.7. The fraction of sp³-hybridized carbons (Fsp3) is 0.319. The molecule has 2 atom stereocenters. The first kappa shape index (κ1) is 48.8. The Hall–Kier alpha value is -2.22. The number of benzene rings is 4. The molecule has 0 fully saturated rings. The number of fused-ring (bicyclic) bond motifs is 2. The van der Waals surface area contributed by atoms with Gasteiger partial charge in [0.15, 0.2) is 0 Å². The molecule has 0 nitrogen and oxygen atoms in total. The zero-order chi connectivity index (χ0) is 36.7. The molecule has 0 aromatic heterocycles. The molecule has 0 aliphatic heterocycles. The van der Waals surface area contributed by atoms with E-state index in [4.69, 9.17) is 0 Å². The van der Waals surface area contributed by atoms with Crippen LogP contribution < -0.4 is 0 Å². The number of hydrogen-bond donors (Lipinski definition) is 0. The maximum absolute atomic E-state index is 3.25. The van der Waals surface area contributed by atoms with Crippen molar-refractivity contribution in [1.82, 2.24) is 0 Å². The molecule has 0 N–H and O–H groups in total. The summed E-state index contributed by atoms with van der Waals surface area (Å²) < 4.78 is 0. The number of aryl methyl sites for hydroxylation is 4. The van der Waals surface area contributed by atoms with Crippen LogP contribution in [0.15, 0.2) is 97.1 Å². The number of hydrogen-bond acceptors (Lipinski definition) is 0. The van der Waals surface area contributed by atoms with E-state index in [1.807, 2.05) is 0 Å². The monoisotopic (exact) mass is 812 g/mol. The van der Waals surface area contributed by atoms with Gasteiger partial charge in [0.05, 0.1) is 0 Å². The van der Waals surface area contributed by atoms with Crippen molar-refractivity contribution in [1.29, 1.82) is 0 Å². The summed E-state index contributed by atoms with van der Waals surface area (Å²) in [5.74, 6) is 1.27. The molecular formula is C47H60Cl2SiZr-4. The van der Waals surface area contributed by atoms with Crippen molar-refractivity contribution in [3.05, 3.63) is 144 Å². The van der Waals surface area contributed by atoms with Crippen LogP contribution in [0.4, 0.5) is 0 Å². The summed E-state index contributed by atoms with van der Waals surface area (Å²) in [6.07, 6.45) is 3.48. The van der Waals surface area contributed by atoms with Crippen LogP contribution in [0.25, 0.3) is 43.8 Å². The summed E-state index contributed by atoms with van der Waals surface area (Å²) in [7, 11) is 0. The predicted molar refractivity (Wildman–Crippen MR) is 233 cm³/mol. The van der Waals surface area contributed by atoms with Crippen molar-refractivity contribution in [3.8, 4) is 22.3 Å². The quantitative estimate of drug-likeness (QED) is 0.111. The van der Waals surface area contributed by atoms with Crippen molar-refractivity contribution in [3.63, 3.8) is 0 Å². The van der Waals surface area contributed by atoms with E-state index in [0.29, 0.717) is 11.8 Å². The Morgan fingerprint density at radius 3 is 1.31 bits per heavy atom. The molecule has 4 heteroatoms. The van der Waals surface area contributed by atoms with Crippen LogP contribution in [0.1, 0.15) is 107 Å². The van der Waals surface area contributed by atoms with Gasteiger partial charge in [-0.1, -0.05) is 127 Å². The van der Waals surface area contributed by atoms with Crippen molar-refractivity contribution in [2.45, 2.75) is 100 Å². The van der Waals surface area contributed by atoms with Gasteiger partial charge < -0.3 is 13.8 Å². The molecule has 0 saturated carbocycles. The normalized spacial score (nSPS) is 11.0. The summed E-state index contributed by atoms with van der Waals surface area (Å²) in [4.78, 5) is 0. The molecule has 0 amide bonds. The average Bonchev–Trinajstić information content (AvgIpc) is 3.79. The third kappa shape index (κ3) is 12.4. The van der Waals surface area contributed by atoms with Gasteiger partial charge in [0, 0.05) is 0 Å². The first-order chi connectivity index (χ1) is 23.7. The molecule has 2 radical (unpaired) electrons. The summed E-state index contributed by atoms with van der Waals surface area (Å²) in [6.45, 7) is 30.9. The minimum atomic E-state index is 0. The van der Waals surface area contributed by atoms with E-state index >= 15 is 0 Å². The second-order valence-corrected chi connectivity index (χ2v) is 12.6. The molecule has 6 aromatic rings. The fourth-order valence-corrected chi connectivity index (χ4v) is 6.26. The van der Waals surface area contributed by atoms with E-state index in [1.165, 1.54) is 113 Å². The molecule has 51 heavy (non-hydrogen) atoms. The third-order valence-electron chi connectivity index (χ3n) is 9.63. The van der Waals surface area contributed by atoms with Crippen LogP contribution >= 0.6 is 24.8 Å². The summed E-state index contributed by atoms with van der Waals surface area (Å²) in [5.41, 5.74) is 13.7. The van der Waals surface area contributed by atoms with E-state index in [9.17, 15) is 0 Å². The van der Waals surface area contributed by atoms with E-state index in [2.05, 4.69) is 173 Å². The Bertz CT molecular complexity index is 1840. The van der Waals surface area contributed by atoms with Gasteiger partial charge in [-0.2, -0.15) is 26.0 Å². The Morgan fingerprint density at radius 1 is 0.569 bits per heavy atom. The predicted octanol–water partition coefficient (Wildman–Crippen LogP) is 15.1. The van der Waals surface area contributed by atoms with Gasteiger partial charge in [-0.25, -0.2) is 0 Å². The molecule has 6 aromatic carbocycles. The zero-order valence-corrected chi connectivity index (χ0v) is 37.8. The molecule has 0 aliphatic rings. The topological polar surface area (TPSA) is 0 Å². The van der Waals surface area contributed by atoms with Crippen molar-refractivity contribution >= 4 is 53.2 Å². The molecule has 2 unspecified atom stereocenters. The third-order valence-corrected chi connectivity index (χ3v) is 9.63. The first-order valence-corrected chi connectivity index (χ1v) is 22.1. The Balaban J connectivity index is 0.000000828. The van der Waals surface area contributed by atoms with E-state index < -0.39 is 0 Å². The Kier molecular flexibility index (Phi) is 23.8. The molecule has 274 valence electrons. The Morgan fingerprint density at radius 2 is 0.941 bits per heavy atom. The van der Waals surface area contributed by atoms with Crippen molar-refractivity contribution < 1.29 is 23.3 Å². The van der Waals surface area contributed by atoms with Gasteiger partial charge in [0.2, 0.25) is 0 Å². The van der Waals surface area contributed by atoms with E-state index in [0.717, 1.165) is 6.42 Å². The van der Waals surface area contributed by atoms with Gasteiger partial charge in [0.1, 0.15) is 0 Å². The number of halogens is 2. The van der Waals surface area contributed by atoms with Crippen LogP contribution in [0, 0.1) is 34.6 Å². The summed E-state index contributed by atoms with van der Waals surface area (Å²) in [6, 6.07) is 36.6. The second kappa shape index (κ2) is 24.9. The van der Waals surface area contributed by atoms with Gasteiger partial charge in [0.25, 0.3) is 0 Å². The van der Waals surface area contributed by atoms with Crippen molar-refractivity contribution in [2.24, 2.45) is 0 Å². The maximum atomic E-state index is 3.25. The standard InChI is InChI=1S/C22H25.C21H23.2C2H5.2ClH.Si.Zr/c1-5-15(3)18-8-10-19(11-9-18)20-12-7-16(4)21-13-17(6-2)14-22(20)21;1-5-15(3)17-7-9-18(10-8-17)19-11-6-16(4)20-12-14(2)13-21(19)20;2*1-2;;;;/h7-15H,5-6H2,1-4H3;6-13,15H,5H2,1-4H3;2*1H2,2H3;2*1H;;/q4*-1;;;;. The van der Waals surface area contributed by atoms with Gasteiger partial charge >= 0.3 is 30.2 Å². The van der Waals surface area contributed by atoms with E-state index in [-0.39, 0.29) is 24.8 Å². The number of rotatable bonds is 7. The van der Waals surface area contributed by atoms with Crippen LogP contribution in [0.3, 0.4) is 0 Å².